The van der Waals surface area contributed by atoms with Crippen molar-refractivity contribution in [2.24, 2.45) is 0 Å². The van der Waals surface area contributed by atoms with Gasteiger partial charge in [0.1, 0.15) is 0 Å². The molecule has 2 aliphatic rings. The first kappa shape index (κ1) is 12.2. The molecule has 0 N–H and O–H groups in total. The van der Waals surface area contributed by atoms with Crippen LogP contribution in [0.5, 0.6) is 0 Å². The first-order chi connectivity index (χ1) is 6.27. The van der Waals surface area contributed by atoms with E-state index in [1.54, 1.807) is 17.7 Å². The number of halogens is 1. The Balaban J connectivity index is 0.000000980. The molecule has 0 atom stereocenters. The second kappa shape index (κ2) is 5.28. The van der Waals surface area contributed by atoms with Crippen molar-refractivity contribution < 1.29 is 23.2 Å². The van der Waals surface area contributed by atoms with Crippen molar-refractivity contribution in [1.29, 1.82) is 0 Å². The molecule has 2 aliphatic carbocycles. The molecule has 74 valence electrons. The number of hydrogen-bond donors (Lipinski definition) is 0. The third-order valence-corrected chi connectivity index (χ3v) is 7.06. The van der Waals surface area contributed by atoms with E-state index in [1.807, 2.05) is 0 Å². The van der Waals surface area contributed by atoms with Gasteiger partial charge in [-0.1, -0.05) is 0 Å². The van der Waals surface area contributed by atoms with Crippen molar-refractivity contribution >= 4 is 12.4 Å². The second-order valence-corrected chi connectivity index (χ2v) is 7.24. The minimum absolute atomic E-state index is 0. The number of hydrogen-bond acceptors (Lipinski definition) is 0. The summed E-state index contributed by atoms with van der Waals surface area (Å²) in [6, 6.07) is 0. The Morgan fingerprint density at radius 3 is 1.64 bits per heavy atom. The largest absolute Gasteiger partial charge is 0.147 e. The standard InChI is InChI=1S/2C6H7.ClH.Zr/c2*1-6-4-2-3-5-6;;/h2*2,4H,3H2,1H3;1H;. The predicted octanol–water partition coefficient (Wildman–Crippen LogP) is 3.96. The van der Waals surface area contributed by atoms with Crippen molar-refractivity contribution in [3.63, 3.8) is 0 Å². The van der Waals surface area contributed by atoms with Crippen molar-refractivity contribution in [1.82, 2.24) is 0 Å². The fraction of sp³-hybridized carbons (Fsp3) is 0.333. The maximum atomic E-state index is 2.31. The minimum atomic E-state index is -0.385. The summed E-state index contributed by atoms with van der Waals surface area (Å²) in [5.74, 6) is 0. The van der Waals surface area contributed by atoms with Crippen molar-refractivity contribution in [2.45, 2.75) is 26.7 Å². The Hall–Kier alpha value is 0.133. The van der Waals surface area contributed by atoms with Crippen LogP contribution in [-0.2, 0) is 23.2 Å². The Morgan fingerprint density at radius 2 is 1.36 bits per heavy atom. The summed E-state index contributed by atoms with van der Waals surface area (Å²) in [4.78, 5) is 0. The minimum Gasteiger partial charge on any atom is -0.147 e. The zero-order valence-corrected chi connectivity index (χ0v) is 11.9. The average molecular weight is 286 g/mol. The van der Waals surface area contributed by atoms with Gasteiger partial charge in [0.05, 0.1) is 0 Å². The molecule has 0 saturated carbocycles. The summed E-state index contributed by atoms with van der Waals surface area (Å²) in [7, 11) is 0. The Labute approximate surface area is 104 Å². The maximum absolute atomic E-state index is 2.31. The van der Waals surface area contributed by atoms with E-state index in [4.69, 9.17) is 0 Å². The summed E-state index contributed by atoms with van der Waals surface area (Å²) >= 11 is -0.385. The molecule has 0 nitrogen and oxygen atoms in total. The SMILES string of the molecule is CC1=[C]([Zr][C]2=C(C)C=CC2)CC=C1.Cl. The number of rotatable bonds is 2. The smallest absolute Gasteiger partial charge is 0.147 e. The Kier molecular flexibility index (Phi) is 4.60. The van der Waals surface area contributed by atoms with Crippen LogP contribution >= 0.6 is 12.4 Å². The molecule has 14 heavy (non-hydrogen) atoms. The van der Waals surface area contributed by atoms with Gasteiger partial charge in [-0.05, 0) is 0 Å². The van der Waals surface area contributed by atoms with E-state index >= 15 is 0 Å². The van der Waals surface area contributed by atoms with Crippen LogP contribution in [0.3, 0.4) is 0 Å². The van der Waals surface area contributed by atoms with Crippen LogP contribution in [-0.4, -0.2) is 0 Å². The van der Waals surface area contributed by atoms with Crippen LogP contribution in [0.25, 0.3) is 0 Å². The first-order valence-electron chi connectivity index (χ1n) is 4.77. The van der Waals surface area contributed by atoms with E-state index in [9.17, 15) is 0 Å². The first-order valence-corrected chi connectivity index (χ1v) is 7.23. The third kappa shape index (κ3) is 2.58. The van der Waals surface area contributed by atoms with E-state index in [0.29, 0.717) is 0 Å². The van der Waals surface area contributed by atoms with Gasteiger partial charge < -0.3 is 0 Å². The van der Waals surface area contributed by atoms with Gasteiger partial charge in [0.15, 0.2) is 0 Å². The van der Waals surface area contributed by atoms with Gasteiger partial charge in [0, 0.05) is 0 Å². The molecule has 0 aliphatic heterocycles. The molecule has 0 aromatic carbocycles. The summed E-state index contributed by atoms with van der Waals surface area (Å²) in [6.45, 7) is 4.52. The van der Waals surface area contributed by atoms with Crippen molar-refractivity contribution in [3.05, 3.63) is 42.0 Å². The van der Waals surface area contributed by atoms with Gasteiger partial charge in [-0.3, -0.25) is 0 Å². The van der Waals surface area contributed by atoms with Crippen LogP contribution in [0.2, 0.25) is 0 Å². The zero-order valence-electron chi connectivity index (χ0n) is 8.63. The monoisotopic (exact) mass is 284 g/mol. The summed E-state index contributed by atoms with van der Waals surface area (Å²) in [5.41, 5.74) is 3.11. The predicted molar refractivity (Wildman–Crippen MR) is 60.2 cm³/mol. The molecule has 0 spiro atoms. The molecule has 0 saturated heterocycles. The molecule has 2 rings (SSSR count). The van der Waals surface area contributed by atoms with Gasteiger partial charge in [-0.15, -0.1) is 12.4 Å². The summed E-state index contributed by atoms with van der Waals surface area (Å²) in [5, 5.41) is 0. The molecule has 0 radical (unpaired) electrons. The molecule has 0 bridgehead atoms. The van der Waals surface area contributed by atoms with E-state index in [1.165, 1.54) is 12.8 Å². The van der Waals surface area contributed by atoms with Crippen LogP contribution in [0.15, 0.2) is 42.0 Å². The third-order valence-electron chi connectivity index (χ3n) is 2.63. The van der Waals surface area contributed by atoms with Crippen LogP contribution in [0, 0.1) is 0 Å². The topological polar surface area (TPSA) is 0 Å². The van der Waals surface area contributed by atoms with Crippen LogP contribution in [0.1, 0.15) is 26.7 Å². The molecule has 0 amide bonds. The summed E-state index contributed by atoms with van der Waals surface area (Å²) in [6.07, 6.45) is 11.7. The van der Waals surface area contributed by atoms with Crippen molar-refractivity contribution in [3.8, 4) is 0 Å². The molecule has 0 heterocycles. The summed E-state index contributed by atoms with van der Waals surface area (Å²) < 4.78 is 3.56. The maximum Gasteiger partial charge on any atom is -0.147 e. The van der Waals surface area contributed by atoms with Gasteiger partial charge in [-0.25, -0.2) is 0 Å². The average Bonchev–Trinajstić information content (AvgIpc) is 2.65. The molecule has 0 unspecified atom stereocenters. The number of allylic oxidation sites excluding steroid dienone is 8. The fourth-order valence-corrected chi connectivity index (χ4v) is 5.07. The van der Waals surface area contributed by atoms with Crippen LogP contribution < -0.4 is 0 Å². The molecule has 0 fully saturated rings. The quantitative estimate of drug-likeness (QED) is 0.720. The van der Waals surface area contributed by atoms with Gasteiger partial charge in [-0.2, -0.15) is 0 Å². The van der Waals surface area contributed by atoms with E-state index in [-0.39, 0.29) is 35.6 Å². The molecular weight excluding hydrogens is 271 g/mol. The molecule has 0 aromatic heterocycles. The van der Waals surface area contributed by atoms with Crippen LogP contribution in [0.4, 0.5) is 0 Å². The van der Waals surface area contributed by atoms with Gasteiger partial charge >= 0.3 is 91.9 Å². The molecule has 2 heteroatoms. The van der Waals surface area contributed by atoms with E-state index in [0.717, 1.165) is 0 Å². The zero-order chi connectivity index (χ0) is 9.26. The van der Waals surface area contributed by atoms with Gasteiger partial charge in [0.2, 0.25) is 0 Å². The molecule has 0 aromatic rings. The normalized spacial score (nSPS) is 19.3. The van der Waals surface area contributed by atoms with E-state index < -0.39 is 0 Å². The fourth-order valence-electron chi connectivity index (χ4n) is 1.71. The Bertz CT molecular complexity index is 311. The van der Waals surface area contributed by atoms with Crippen molar-refractivity contribution in [2.75, 3.05) is 0 Å². The van der Waals surface area contributed by atoms with E-state index in [2.05, 4.69) is 38.2 Å². The van der Waals surface area contributed by atoms with Gasteiger partial charge in [0.25, 0.3) is 0 Å². The second-order valence-electron chi connectivity index (χ2n) is 3.66. The Morgan fingerprint density at radius 1 is 0.929 bits per heavy atom. The molecular formula is C12H15ClZr.